The number of carbonyl (C=O) groups is 1. The highest BCUT2D eigenvalue weighted by Crippen LogP contribution is 2.32. The molecule has 8 nitrogen and oxygen atoms in total. The summed E-state index contributed by atoms with van der Waals surface area (Å²) in [6.07, 6.45) is 5.07. The lowest BCUT2D eigenvalue weighted by Crippen LogP contribution is -2.39. The Balaban J connectivity index is 1.54. The van der Waals surface area contributed by atoms with Crippen LogP contribution in [0.5, 0.6) is 5.75 Å². The van der Waals surface area contributed by atoms with Crippen molar-refractivity contribution >= 4 is 23.4 Å². The van der Waals surface area contributed by atoms with Gasteiger partial charge in [-0.15, -0.1) is 0 Å². The zero-order valence-corrected chi connectivity index (χ0v) is 24.8. The number of aromatic nitrogens is 3. The summed E-state index contributed by atoms with van der Waals surface area (Å²) in [5.74, 6) is -0.298. The highest BCUT2D eigenvalue weighted by molar-refractivity contribution is 7.07. The van der Waals surface area contributed by atoms with Gasteiger partial charge in [0.1, 0.15) is 23.9 Å². The lowest BCUT2D eigenvalue weighted by Gasteiger charge is -2.24. The van der Waals surface area contributed by atoms with Crippen LogP contribution in [0.4, 0.5) is 4.39 Å². The molecule has 3 heterocycles. The van der Waals surface area contributed by atoms with E-state index in [0.717, 1.165) is 5.69 Å². The second-order valence-corrected chi connectivity index (χ2v) is 11.0. The van der Waals surface area contributed by atoms with Crippen LogP contribution in [0.2, 0.25) is 0 Å². The number of benzene rings is 3. The molecule has 0 saturated heterocycles. The molecular formula is C34H27FN4O4S. The molecule has 0 fully saturated rings. The molecule has 0 aliphatic carbocycles. The molecule has 0 spiro atoms. The van der Waals surface area contributed by atoms with Crippen LogP contribution < -0.4 is 19.6 Å². The van der Waals surface area contributed by atoms with Gasteiger partial charge in [-0.2, -0.15) is 5.10 Å². The lowest BCUT2D eigenvalue weighted by atomic mass is 9.96. The average molecular weight is 607 g/mol. The first-order valence-electron chi connectivity index (χ1n) is 13.7. The van der Waals surface area contributed by atoms with Crippen molar-refractivity contribution in [1.82, 2.24) is 14.3 Å². The Bertz CT molecular complexity index is 2080. The second-order valence-electron chi connectivity index (χ2n) is 9.96. The van der Waals surface area contributed by atoms with Gasteiger partial charge in [0.15, 0.2) is 4.80 Å². The Morgan fingerprint density at radius 3 is 2.48 bits per heavy atom. The van der Waals surface area contributed by atoms with E-state index >= 15 is 0 Å². The van der Waals surface area contributed by atoms with Gasteiger partial charge in [-0.3, -0.25) is 9.36 Å². The zero-order chi connectivity index (χ0) is 30.8. The maximum Gasteiger partial charge on any atom is 0.338 e. The van der Waals surface area contributed by atoms with Crippen LogP contribution in [0.25, 0.3) is 23.0 Å². The highest BCUT2D eigenvalue weighted by Gasteiger charge is 2.33. The molecule has 6 rings (SSSR count). The highest BCUT2D eigenvalue weighted by atomic mass is 32.1. The van der Waals surface area contributed by atoms with Gasteiger partial charge in [0.25, 0.3) is 5.56 Å². The minimum Gasteiger partial charge on any atom is -0.497 e. The van der Waals surface area contributed by atoms with E-state index in [1.54, 1.807) is 49.1 Å². The fourth-order valence-electron chi connectivity index (χ4n) is 5.08. The van der Waals surface area contributed by atoms with Gasteiger partial charge in [-0.25, -0.2) is 18.9 Å². The van der Waals surface area contributed by atoms with Crippen LogP contribution in [0.15, 0.2) is 119 Å². The van der Waals surface area contributed by atoms with Gasteiger partial charge >= 0.3 is 5.97 Å². The average Bonchev–Trinajstić information content (AvgIpc) is 3.60. The first kappa shape index (κ1) is 28.8. The van der Waals surface area contributed by atoms with Gasteiger partial charge in [0, 0.05) is 17.3 Å². The molecule has 1 atom stereocenters. The molecule has 1 aliphatic rings. The summed E-state index contributed by atoms with van der Waals surface area (Å²) in [6.45, 7) is 5.38. The maximum atomic E-state index is 14.2. The van der Waals surface area contributed by atoms with Crippen LogP contribution >= 0.6 is 11.3 Å². The van der Waals surface area contributed by atoms with Crippen molar-refractivity contribution in [2.24, 2.45) is 4.99 Å². The van der Waals surface area contributed by atoms with Crippen molar-refractivity contribution in [2.75, 3.05) is 13.7 Å². The summed E-state index contributed by atoms with van der Waals surface area (Å²) in [5, 5.41) is 4.79. The number of ether oxygens (including phenoxy) is 2. The maximum absolute atomic E-state index is 14.2. The van der Waals surface area contributed by atoms with E-state index in [-0.39, 0.29) is 23.6 Å². The van der Waals surface area contributed by atoms with Crippen LogP contribution in [-0.4, -0.2) is 34.0 Å². The van der Waals surface area contributed by atoms with Crippen molar-refractivity contribution in [1.29, 1.82) is 0 Å². The van der Waals surface area contributed by atoms with Gasteiger partial charge in [0.2, 0.25) is 0 Å². The number of nitrogens with zero attached hydrogens (tertiary/aromatic N) is 4. The Morgan fingerprint density at radius 2 is 1.80 bits per heavy atom. The van der Waals surface area contributed by atoms with Gasteiger partial charge in [-0.1, -0.05) is 54.3 Å². The third kappa shape index (κ3) is 5.43. The number of para-hydroxylation sites is 1. The van der Waals surface area contributed by atoms with Gasteiger partial charge < -0.3 is 9.47 Å². The third-order valence-electron chi connectivity index (χ3n) is 7.17. The van der Waals surface area contributed by atoms with E-state index in [1.807, 2.05) is 48.7 Å². The molecule has 0 amide bonds. The summed E-state index contributed by atoms with van der Waals surface area (Å²) in [5.41, 5.74) is 3.85. The first-order valence-corrected chi connectivity index (χ1v) is 14.5. The van der Waals surface area contributed by atoms with E-state index in [0.29, 0.717) is 43.2 Å². The molecule has 0 unspecified atom stereocenters. The largest absolute Gasteiger partial charge is 0.497 e. The number of halogens is 1. The monoisotopic (exact) mass is 606 g/mol. The third-order valence-corrected chi connectivity index (χ3v) is 8.16. The molecule has 0 saturated carbocycles. The number of esters is 1. The molecule has 0 bridgehead atoms. The Labute approximate surface area is 256 Å². The van der Waals surface area contributed by atoms with Crippen molar-refractivity contribution < 1.29 is 18.7 Å². The molecule has 2 aromatic heterocycles. The van der Waals surface area contributed by atoms with Crippen LogP contribution in [0.3, 0.4) is 0 Å². The molecule has 220 valence electrons. The smallest absolute Gasteiger partial charge is 0.338 e. The molecule has 3 aromatic carbocycles. The van der Waals surface area contributed by atoms with Crippen LogP contribution in [0, 0.1) is 5.82 Å². The predicted molar refractivity (Wildman–Crippen MR) is 167 cm³/mol. The lowest BCUT2D eigenvalue weighted by molar-refractivity contribution is -0.138. The Morgan fingerprint density at radius 1 is 1.07 bits per heavy atom. The molecule has 0 N–H and O–H groups in total. The van der Waals surface area contributed by atoms with Crippen molar-refractivity contribution in [3.63, 3.8) is 0 Å². The first-order chi connectivity index (χ1) is 21.4. The van der Waals surface area contributed by atoms with E-state index < -0.39 is 12.0 Å². The predicted octanol–water partition coefficient (Wildman–Crippen LogP) is 4.96. The van der Waals surface area contributed by atoms with E-state index in [4.69, 9.17) is 14.6 Å². The molecule has 44 heavy (non-hydrogen) atoms. The fourth-order valence-corrected chi connectivity index (χ4v) is 6.11. The summed E-state index contributed by atoms with van der Waals surface area (Å²) >= 11 is 1.21. The Kier molecular flexibility index (Phi) is 7.91. The van der Waals surface area contributed by atoms with Crippen LogP contribution in [0.1, 0.15) is 24.1 Å². The number of hydrogen-bond donors (Lipinski definition) is 0. The molecule has 1 aliphatic heterocycles. The van der Waals surface area contributed by atoms with E-state index in [1.165, 1.54) is 34.1 Å². The number of thiazole rings is 1. The molecule has 0 radical (unpaired) electrons. The van der Waals surface area contributed by atoms with E-state index in [9.17, 15) is 14.0 Å². The minimum atomic E-state index is -0.778. The zero-order valence-electron chi connectivity index (χ0n) is 23.9. The molecule has 10 heteroatoms. The normalized spacial score (nSPS) is 14.6. The number of rotatable bonds is 8. The SMILES string of the molecule is C=CCOC(=O)C1=C(C)N=c2s/c(=C\c3cn(-c4ccccc4)nc3-c3ccc(F)cc3)c(=O)n2[C@@H]1c1ccc(OC)cc1. The molecule has 5 aromatic rings. The van der Waals surface area contributed by atoms with Crippen molar-refractivity contribution in [2.45, 2.75) is 13.0 Å². The minimum absolute atomic E-state index is 0.0208. The number of hydrogen-bond acceptors (Lipinski definition) is 7. The number of carbonyl (C=O) groups excluding carboxylic acids is 1. The fraction of sp³-hybridized carbons (Fsp3) is 0.118. The Hall–Kier alpha value is -5.35. The van der Waals surface area contributed by atoms with Crippen LogP contribution in [-0.2, 0) is 9.53 Å². The summed E-state index contributed by atoms with van der Waals surface area (Å²) < 4.78 is 28.2. The topological polar surface area (TPSA) is 87.7 Å². The summed E-state index contributed by atoms with van der Waals surface area (Å²) in [6, 6.07) is 22.0. The van der Waals surface area contributed by atoms with Gasteiger partial charge in [0.05, 0.1) is 34.6 Å². The summed E-state index contributed by atoms with van der Waals surface area (Å²) in [7, 11) is 1.57. The van der Waals surface area contributed by atoms with Gasteiger partial charge in [-0.05, 0) is 67.1 Å². The second kappa shape index (κ2) is 12.1. The number of fused-ring (bicyclic) bond motifs is 1. The quantitative estimate of drug-likeness (QED) is 0.184. The van der Waals surface area contributed by atoms with Crippen molar-refractivity contribution in [3.05, 3.63) is 146 Å². The van der Waals surface area contributed by atoms with E-state index in [2.05, 4.69) is 11.6 Å². The number of allylic oxidation sites excluding steroid dienone is 1. The standard InChI is InChI=1S/C34H27FN4O4S/c1-4-18-43-33(41)29-21(2)36-34-39(31(29)23-12-16-27(42-3)17-13-23)32(40)28(44-34)19-24-20-38(26-8-6-5-7-9-26)37-30(24)22-10-14-25(35)15-11-22/h4-17,19-20,31H,1,18H2,2-3H3/b28-19-/t31-/m1/s1. The van der Waals surface area contributed by atoms with Crippen molar-refractivity contribution in [3.8, 4) is 22.7 Å². The molecular weight excluding hydrogens is 579 g/mol. The summed E-state index contributed by atoms with van der Waals surface area (Å²) in [4.78, 5) is 32.6. The number of methoxy groups -OCH3 is 1.